The van der Waals surface area contributed by atoms with Gasteiger partial charge in [0.2, 0.25) is 0 Å². The van der Waals surface area contributed by atoms with Crippen LogP contribution in [-0.2, 0) is 4.74 Å². The highest BCUT2D eigenvalue weighted by Crippen LogP contribution is 2.48. The third kappa shape index (κ3) is 3.42. The molecule has 1 aromatic heterocycles. The van der Waals surface area contributed by atoms with Crippen LogP contribution in [0.3, 0.4) is 0 Å². The van der Waals surface area contributed by atoms with Crippen molar-refractivity contribution in [2.75, 3.05) is 6.61 Å². The molecule has 2 rings (SSSR count). The van der Waals surface area contributed by atoms with Gasteiger partial charge in [-0.1, -0.05) is 6.07 Å². The second-order valence-corrected chi connectivity index (χ2v) is 5.19. The molecule has 0 aliphatic carbocycles. The summed E-state index contributed by atoms with van der Waals surface area (Å²) in [6, 6.07) is 6.55. The number of carbonyl (C=O) groups is 1. The van der Waals surface area contributed by atoms with Crippen LogP contribution in [0.25, 0.3) is 10.9 Å². The lowest BCUT2D eigenvalue weighted by Crippen LogP contribution is -2.59. The summed E-state index contributed by atoms with van der Waals surface area (Å²) in [5.41, 5.74) is 0.0859. The normalized spacial score (nSPS) is 13.3. The summed E-state index contributed by atoms with van der Waals surface area (Å²) in [4.78, 5) is 15.6. The van der Waals surface area contributed by atoms with E-state index >= 15 is 0 Å². The molecule has 26 heavy (non-hydrogen) atoms. The number of esters is 1. The van der Waals surface area contributed by atoms with E-state index in [9.17, 15) is 39.9 Å². The summed E-state index contributed by atoms with van der Waals surface area (Å²) in [6.45, 7) is -2.51. The van der Waals surface area contributed by atoms with Crippen molar-refractivity contribution in [1.82, 2.24) is 4.98 Å². The molecule has 0 atom stereocenters. The second kappa shape index (κ2) is 6.69. The minimum atomic E-state index is -6.43. The van der Waals surface area contributed by atoms with E-state index in [2.05, 4.69) is 9.72 Å². The van der Waals surface area contributed by atoms with Gasteiger partial charge in [-0.15, -0.1) is 0 Å². The van der Waals surface area contributed by atoms with Crippen LogP contribution in [0, 0.1) is 0 Å². The van der Waals surface area contributed by atoms with Crippen molar-refractivity contribution in [3.05, 3.63) is 42.1 Å². The lowest BCUT2D eigenvalue weighted by molar-refractivity contribution is -0.343. The summed E-state index contributed by atoms with van der Waals surface area (Å²) in [5.74, 6) is -20.0. The van der Waals surface area contributed by atoms with E-state index in [0.29, 0.717) is 10.9 Å². The fourth-order valence-electron chi connectivity index (χ4n) is 1.91. The number of pyridine rings is 1. The predicted molar refractivity (Wildman–Crippen MR) is 72.9 cm³/mol. The first-order valence-corrected chi connectivity index (χ1v) is 6.83. The molecule has 0 N–H and O–H groups in total. The third-order valence-corrected chi connectivity index (χ3v) is 3.38. The van der Waals surface area contributed by atoms with Crippen LogP contribution in [0.15, 0.2) is 36.5 Å². The molecule has 3 nitrogen and oxygen atoms in total. The van der Waals surface area contributed by atoms with Gasteiger partial charge in [-0.25, -0.2) is 13.6 Å². The lowest BCUT2D eigenvalue weighted by atomic mass is 10.1. The molecule has 1 heterocycles. The fourth-order valence-corrected chi connectivity index (χ4v) is 1.91. The van der Waals surface area contributed by atoms with Crippen molar-refractivity contribution in [2.24, 2.45) is 0 Å². The first-order chi connectivity index (χ1) is 11.9. The lowest BCUT2D eigenvalue weighted by Gasteiger charge is -2.31. The van der Waals surface area contributed by atoms with E-state index in [1.54, 1.807) is 0 Å². The molecule has 1 aromatic carbocycles. The van der Waals surface area contributed by atoms with Gasteiger partial charge in [-0.05, 0) is 24.3 Å². The van der Waals surface area contributed by atoms with Crippen molar-refractivity contribution in [1.29, 1.82) is 0 Å². The number of aromatic nitrogens is 1. The molecule has 0 spiro atoms. The van der Waals surface area contributed by atoms with Crippen molar-refractivity contribution < 1.29 is 44.7 Å². The Hall–Kier alpha value is -2.46. The summed E-state index contributed by atoms with van der Waals surface area (Å²) in [6.07, 6.45) is -3.60. The molecular formula is C15H9F8NO2. The number of benzene rings is 1. The topological polar surface area (TPSA) is 39.2 Å². The van der Waals surface area contributed by atoms with Crippen LogP contribution < -0.4 is 0 Å². The van der Waals surface area contributed by atoms with Gasteiger partial charge in [0, 0.05) is 11.6 Å². The Kier molecular flexibility index (Phi) is 5.11. The Balaban J connectivity index is 2.16. The van der Waals surface area contributed by atoms with Gasteiger partial charge in [0.25, 0.3) is 0 Å². The zero-order valence-corrected chi connectivity index (χ0v) is 12.5. The van der Waals surface area contributed by atoms with Crippen LogP contribution in [0.4, 0.5) is 35.1 Å². The van der Waals surface area contributed by atoms with Crippen LogP contribution >= 0.6 is 0 Å². The van der Waals surface area contributed by atoms with Crippen LogP contribution in [0.5, 0.6) is 0 Å². The maximum atomic E-state index is 13.3. The van der Waals surface area contributed by atoms with Gasteiger partial charge in [0.15, 0.2) is 6.61 Å². The highest BCUT2D eigenvalue weighted by atomic mass is 19.4. The molecule has 0 unspecified atom stereocenters. The second-order valence-electron chi connectivity index (χ2n) is 5.19. The molecule has 0 amide bonds. The van der Waals surface area contributed by atoms with Crippen molar-refractivity contribution in [3.8, 4) is 0 Å². The number of halogens is 8. The largest absolute Gasteiger partial charge is 0.455 e. The summed E-state index contributed by atoms with van der Waals surface area (Å²) in [5, 5.41) is 0.392. The number of alkyl halides is 8. The quantitative estimate of drug-likeness (QED) is 0.539. The minimum Gasteiger partial charge on any atom is -0.455 e. The number of rotatable bonds is 6. The van der Waals surface area contributed by atoms with Gasteiger partial charge in [0.1, 0.15) is 0 Å². The van der Waals surface area contributed by atoms with E-state index in [1.807, 2.05) is 0 Å². The Labute approximate surface area is 140 Å². The molecule has 0 radical (unpaired) electrons. The van der Waals surface area contributed by atoms with E-state index < -0.39 is 36.8 Å². The molecule has 0 aliphatic heterocycles. The maximum absolute atomic E-state index is 13.3. The molecule has 0 saturated carbocycles. The molecule has 0 saturated heterocycles. The summed E-state index contributed by atoms with van der Waals surface area (Å²) < 4.78 is 106. The zero-order chi connectivity index (χ0) is 19.8. The molecule has 142 valence electrons. The van der Waals surface area contributed by atoms with Gasteiger partial charge in [0.05, 0.1) is 11.1 Å². The van der Waals surface area contributed by atoms with Crippen molar-refractivity contribution in [2.45, 2.75) is 24.2 Å². The average Bonchev–Trinajstić information content (AvgIpc) is 2.58. The average molecular weight is 387 g/mol. The standard InChI is InChI=1S/C15H9F8NO2/c16-12(17)14(20,21)15(22,23)13(18,19)7-26-11(25)9-3-4-10-8(6-9)2-1-5-24-10/h1-6,12H,7H2. The van der Waals surface area contributed by atoms with E-state index in [-0.39, 0.29) is 5.56 Å². The minimum absolute atomic E-state index is 0.342. The van der Waals surface area contributed by atoms with Gasteiger partial charge in [-0.2, -0.15) is 26.3 Å². The Morgan fingerprint density at radius 1 is 1.08 bits per heavy atom. The Morgan fingerprint density at radius 2 is 1.73 bits per heavy atom. The number of ether oxygens (including phenoxy) is 1. The highest BCUT2D eigenvalue weighted by molar-refractivity contribution is 5.94. The summed E-state index contributed by atoms with van der Waals surface area (Å²) in [7, 11) is 0. The number of fused-ring (bicyclic) bond motifs is 1. The molecule has 0 bridgehead atoms. The Morgan fingerprint density at radius 3 is 2.35 bits per heavy atom. The van der Waals surface area contributed by atoms with Crippen molar-refractivity contribution in [3.63, 3.8) is 0 Å². The SMILES string of the molecule is O=C(OCC(F)(F)C(F)(F)C(F)(F)C(F)F)c1ccc2ncccc2c1. The number of hydrogen-bond acceptors (Lipinski definition) is 3. The van der Waals surface area contributed by atoms with Crippen LogP contribution in [-0.4, -0.2) is 41.8 Å². The first-order valence-electron chi connectivity index (χ1n) is 6.83. The fraction of sp³-hybridized carbons (Fsp3) is 0.333. The number of carbonyl (C=O) groups excluding carboxylic acids is 1. The predicted octanol–water partition coefficient (Wildman–Crippen LogP) is 4.56. The van der Waals surface area contributed by atoms with E-state index in [1.165, 1.54) is 24.4 Å². The molecule has 11 heteroatoms. The highest BCUT2D eigenvalue weighted by Gasteiger charge is 2.75. The summed E-state index contributed by atoms with van der Waals surface area (Å²) >= 11 is 0. The van der Waals surface area contributed by atoms with Gasteiger partial charge in [-0.3, -0.25) is 4.98 Å². The molecule has 0 fully saturated rings. The van der Waals surface area contributed by atoms with Gasteiger partial charge < -0.3 is 4.74 Å². The Bertz CT molecular complexity index is 809. The molecule has 2 aromatic rings. The van der Waals surface area contributed by atoms with Crippen molar-refractivity contribution >= 4 is 16.9 Å². The number of nitrogens with zero attached hydrogens (tertiary/aromatic N) is 1. The monoisotopic (exact) mass is 387 g/mol. The zero-order valence-electron chi connectivity index (χ0n) is 12.5. The van der Waals surface area contributed by atoms with E-state index in [0.717, 1.165) is 12.1 Å². The molecule has 0 aliphatic rings. The van der Waals surface area contributed by atoms with E-state index in [4.69, 9.17) is 0 Å². The maximum Gasteiger partial charge on any atom is 0.381 e. The van der Waals surface area contributed by atoms with Crippen LogP contribution in [0.1, 0.15) is 10.4 Å². The smallest absolute Gasteiger partial charge is 0.381 e. The first kappa shape index (κ1) is 19.9. The van der Waals surface area contributed by atoms with Gasteiger partial charge >= 0.3 is 30.2 Å². The van der Waals surface area contributed by atoms with Crippen LogP contribution in [0.2, 0.25) is 0 Å². The third-order valence-electron chi connectivity index (χ3n) is 3.38. The molecular weight excluding hydrogens is 378 g/mol. The number of hydrogen-bond donors (Lipinski definition) is 0.